The van der Waals surface area contributed by atoms with Crippen molar-refractivity contribution in [3.8, 4) is 0 Å². The van der Waals surface area contributed by atoms with E-state index in [2.05, 4.69) is 18.2 Å². The molecular weight excluding hydrogens is 370 g/mol. The van der Waals surface area contributed by atoms with Crippen LogP contribution in [-0.2, 0) is 9.59 Å². The summed E-state index contributed by atoms with van der Waals surface area (Å²) in [6.07, 6.45) is 1.54. The summed E-state index contributed by atoms with van der Waals surface area (Å²) in [5, 5.41) is 0. The number of nitrogens with two attached hydrogens (primary N) is 1. The number of benzene rings is 2. The van der Waals surface area contributed by atoms with E-state index < -0.39 is 0 Å². The fourth-order valence-corrected chi connectivity index (χ4v) is 5.37. The molecule has 1 fully saturated rings. The van der Waals surface area contributed by atoms with Crippen LogP contribution in [0.1, 0.15) is 24.4 Å². The van der Waals surface area contributed by atoms with Crippen molar-refractivity contribution < 1.29 is 14.5 Å². The molecule has 2 heterocycles. The Balaban J connectivity index is 1.55. The molecule has 2 aromatic rings. The predicted molar refractivity (Wildman–Crippen MR) is 111 cm³/mol. The zero-order valence-corrected chi connectivity index (χ0v) is 16.7. The van der Waals surface area contributed by atoms with Crippen molar-refractivity contribution in [3.05, 3.63) is 60.2 Å². The maximum atomic E-state index is 13.4. The fourth-order valence-electron chi connectivity index (χ4n) is 4.20. The van der Waals surface area contributed by atoms with E-state index in [1.54, 1.807) is 0 Å². The number of quaternary nitrogens is 1. The van der Waals surface area contributed by atoms with Gasteiger partial charge >= 0.3 is 0 Å². The largest absolute Gasteiger partial charge is 0.369 e. The lowest BCUT2D eigenvalue weighted by Gasteiger charge is -2.38. The Kier molecular flexibility index (Phi) is 5.69. The van der Waals surface area contributed by atoms with Gasteiger partial charge in [-0.15, -0.1) is 11.8 Å². The molecule has 0 radical (unpaired) electrons. The summed E-state index contributed by atoms with van der Waals surface area (Å²) < 4.78 is 0. The van der Waals surface area contributed by atoms with Gasteiger partial charge in [-0.1, -0.05) is 42.5 Å². The van der Waals surface area contributed by atoms with Crippen LogP contribution in [0.2, 0.25) is 0 Å². The van der Waals surface area contributed by atoms with Crippen molar-refractivity contribution in [2.24, 2.45) is 11.7 Å². The van der Waals surface area contributed by atoms with Gasteiger partial charge < -0.3 is 10.6 Å². The average molecular weight is 397 g/mol. The van der Waals surface area contributed by atoms with Crippen LogP contribution in [0.5, 0.6) is 0 Å². The third-order valence-electron chi connectivity index (χ3n) is 5.78. The lowest BCUT2D eigenvalue weighted by atomic mass is 9.96. The summed E-state index contributed by atoms with van der Waals surface area (Å²) in [4.78, 5) is 29.2. The van der Waals surface area contributed by atoms with E-state index in [-0.39, 0.29) is 23.8 Å². The Morgan fingerprint density at radius 2 is 1.71 bits per heavy atom. The van der Waals surface area contributed by atoms with E-state index in [0.29, 0.717) is 6.54 Å². The smallest absolute Gasteiger partial charge is 0.282 e. The molecular formula is C22H26N3O2S+. The number of thioether (sulfide) groups is 1. The van der Waals surface area contributed by atoms with Crippen molar-refractivity contribution in [1.29, 1.82) is 0 Å². The average Bonchev–Trinajstić information content (AvgIpc) is 2.74. The molecule has 1 saturated heterocycles. The monoisotopic (exact) mass is 396 g/mol. The quantitative estimate of drug-likeness (QED) is 0.826. The van der Waals surface area contributed by atoms with Gasteiger partial charge in [-0.05, 0) is 17.7 Å². The van der Waals surface area contributed by atoms with Crippen LogP contribution in [0.25, 0.3) is 0 Å². The minimum Gasteiger partial charge on any atom is -0.369 e. The third kappa shape index (κ3) is 3.93. The standard InChI is InChI=1S/C22H25N3O2S/c23-22(27)17-10-12-24(13-11-17)14-21(26)25-18-8-4-5-9-20(18)28-15-19(25)16-6-2-1-3-7-16/h1-9,17,19H,10-15H2,(H2,23,27)/p+1/t19-/m1/s1. The topological polar surface area (TPSA) is 67.8 Å². The number of anilines is 1. The molecule has 2 aromatic carbocycles. The molecule has 6 heteroatoms. The number of primary amides is 1. The number of nitrogens with one attached hydrogen (secondary N) is 1. The van der Waals surface area contributed by atoms with Crippen molar-refractivity contribution in [3.63, 3.8) is 0 Å². The first kappa shape index (κ1) is 19.0. The van der Waals surface area contributed by atoms with Gasteiger partial charge in [0.15, 0.2) is 6.54 Å². The molecule has 0 aliphatic carbocycles. The van der Waals surface area contributed by atoms with E-state index in [1.165, 1.54) is 10.5 Å². The van der Waals surface area contributed by atoms with Crippen molar-refractivity contribution in [1.82, 2.24) is 0 Å². The molecule has 1 atom stereocenters. The van der Waals surface area contributed by atoms with Crippen LogP contribution < -0.4 is 15.5 Å². The molecule has 0 aromatic heterocycles. The molecule has 0 spiro atoms. The van der Waals surface area contributed by atoms with E-state index in [1.807, 2.05) is 53.1 Å². The Bertz CT molecular complexity index is 850. The number of amides is 2. The van der Waals surface area contributed by atoms with E-state index >= 15 is 0 Å². The van der Waals surface area contributed by atoms with Gasteiger partial charge in [0, 0.05) is 29.4 Å². The van der Waals surface area contributed by atoms with Gasteiger partial charge in [0.1, 0.15) is 0 Å². The number of fused-ring (bicyclic) bond motifs is 1. The van der Waals surface area contributed by atoms with Crippen LogP contribution in [0.4, 0.5) is 5.69 Å². The number of nitrogens with zero attached hydrogens (tertiary/aromatic N) is 1. The zero-order chi connectivity index (χ0) is 19.5. The lowest BCUT2D eigenvalue weighted by Crippen LogP contribution is -3.14. The molecule has 0 unspecified atom stereocenters. The number of carbonyl (C=O) groups is 2. The zero-order valence-electron chi connectivity index (χ0n) is 15.8. The van der Waals surface area contributed by atoms with Gasteiger partial charge in [-0.2, -0.15) is 0 Å². The third-order valence-corrected chi connectivity index (χ3v) is 6.92. The predicted octanol–water partition coefficient (Wildman–Crippen LogP) is 1.65. The Morgan fingerprint density at radius 1 is 1.04 bits per heavy atom. The molecule has 4 rings (SSSR count). The highest BCUT2D eigenvalue weighted by Gasteiger charge is 2.35. The second kappa shape index (κ2) is 8.37. The first-order valence-electron chi connectivity index (χ1n) is 9.85. The number of para-hydroxylation sites is 1. The Hall–Kier alpha value is -2.31. The molecule has 2 amide bonds. The summed E-state index contributed by atoms with van der Waals surface area (Å²) in [5.74, 6) is 0.750. The van der Waals surface area contributed by atoms with Gasteiger partial charge in [0.2, 0.25) is 5.91 Å². The van der Waals surface area contributed by atoms with Crippen molar-refractivity contribution >= 4 is 29.3 Å². The number of hydrogen-bond acceptors (Lipinski definition) is 3. The second-order valence-corrected chi connectivity index (χ2v) is 8.63. The number of hydrogen-bond donors (Lipinski definition) is 2. The summed E-state index contributed by atoms with van der Waals surface area (Å²) in [6.45, 7) is 2.09. The molecule has 3 N–H and O–H groups in total. The van der Waals surface area contributed by atoms with E-state index in [9.17, 15) is 9.59 Å². The van der Waals surface area contributed by atoms with Gasteiger partial charge in [-0.3, -0.25) is 14.5 Å². The highest BCUT2D eigenvalue weighted by molar-refractivity contribution is 7.99. The Labute approximate surface area is 169 Å². The lowest BCUT2D eigenvalue weighted by molar-refractivity contribution is -0.897. The van der Waals surface area contributed by atoms with Crippen LogP contribution >= 0.6 is 11.8 Å². The van der Waals surface area contributed by atoms with Crippen LogP contribution in [0.3, 0.4) is 0 Å². The van der Waals surface area contributed by atoms with E-state index in [4.69, 9.17) is 5.73 Å². The van der Waals surface area contributed by atoms with Crippen molar-refractivity contribution in [2.75, 3.05) is 30.3 Å². The maximum Gasteiger partial charge on any atom is 0.282 e. The summed E-state index contributed by atoms with van der Waals surface area (Å²) in [6, 6.07) is 18.5. The van der Waals surface area contributed by atoms with Crippen LogP contribution in [0, 0.1) is 5.92 Å². The first-order chi connectivity index (χ1) is 13.6. The molecule has 5 nitrogen and oxygen atoms in total. The molecule has 0 saturated carbocycles. The van der Waals surface area contributed by atoms with Crippen LogP contribution in [0.15, 0.2) is 59.5 Å². The minimum absolute atomic E-state index is 0.0381. The first-order valence-corrected chi connectivity index (χ1v) is 10.8. The van der Waals surface area contributed by atoms with Gasteiger partial charge in [0.05, 0.1) is 24.8 Å². The van der Waals surface area contributed by atoms with Gasteiger partial charge in [-0.25, -0.2) is 0 Å². The second-order valence-electron chi connectivity index (χ2n) is 7.57. The molecule has 2 aliphatic rings. The fraction of sp³-hybridized carbons (Fsp3) is 0.364. The van der Waals surface area contributed by atoms with Crippen LogP contribution in [-0.4, -0.2) is 37.2 Å². The normalized spacial score (nSPS) is 24.4. The number of likely N-dealkylation sites (tertiary alicyclic amines) is 1. The SMILES string of the molecule is NC(=O)C1CC[NH+](CC(=O)N2c3ccccc3SC[C@@H]2c2ccccc2)CC1. The number of rotatable bonds is 4. The molecule has 2 aliphatic heterocycles. The highest BCUT2D eigenvalue weighted by Crippen LogP contribution is 2.42. The summed E-state index contributed by atoms with van der Waals surface area (Å²) >= 11 is 1.81. The minimum atomic E-state index is -0.212. The maximum absolute atomic E-state index is 13.4. The summed E-state index contributed by atoms with van der Waals surface area (Å²) in [5.41, 5.74) is 7.61. The molecule has 0 bridgehead atoms. The van der Waals surface area contributed by atoms with E-state index in [0.717, 1.165) is 42.3 Å². The van der Waals surface area contributed by atoms with Gasteiger partial charge in [0.25, 0.3) is 5.91 Å². The summed E-state index contributed by atoms with van der Waals surface area (Å²) in [7, 11) is 0. The van der Waals surface area contributed by atoms with Crippen molar-refractivity contribution in [2.45, 2.75) is 23.8 Å². The highest BCUT2D eigenvalue weighted by atomic mass is 32.2. The molecule has 28 heavy (non-hydrogen) atoms. The molecule has 146 valence electrons. The number of carbonyl (C=O) groups excluding carboxylic acids is 2. The Morgan fingerprint density at radius 3 is 2.43 bits per heavy atom. The number of piperidine rings is 1.